The summed E-state index contributed by atoms with van der Waals surface area (Å²) < 4.78 is 28.8. The van der Waals surface area contributed by atoms with E-state index in [9.17, 15) is 13.2 Å². The summed E-state index contributed by atoms with van der Waals surface area (Å²) in [5.74, 6) is -0.221. The molecule has 4 rings (SSSR count). The Bertz CT molecular complexity index is 1450. The van der Waals surface area contributed by atoms with Crippen LogP contribution in [0.5, 0.6) is 0 Å². The van der Waals surface area contributed by atoms with Crippen LogP contribution in [0.1, 0.15) is 55.1 Å². The van der Waals surface area contributed by atoms with Crippen LogP contribution in [0.4, 0.5) is 5.13 Å². The largest absolute Gasteiger partial charge is 0.279 e. The number of anilines is 1. The predicted molar refractivity (Wildman–Crippen MR) is 152 cm³/mol. The molecule has 3 aromatic carbocycles. The molecule has 0 aliphatic heterocycles. The highest BCUT2D eigenvalue weighted by atomic mass is 32.2. The highest BCUT2D eigenvalue weighted by Gasteiger charge is 2.25. The highest BCUT2D eigenvalue weighted by Crippen LogP contribution is 2.32. The number of rotatable bonds is 11. The Kier molecular flexibility index (Phi) is 8.74. The van der Waals surface area contributed by atoms with E-state index in [0.29, 0.717) is 30.3 Å². The van der Waals surface area contributed by atoms with Crippen molar-refractivity contribution >= 4 is 42.6 Å². The zero-order valence-electron chi connectivity index (χ0n) is 21.6. The van der Waals surface area contributed by atoms with E-state index in [4.69, 9.17) is 4.98 Å². The van der Waals surface area contributed by atoms with Crippen LogP contribution in [-0.2, 0) is 23.0 Å². The first kappa shape index (κ1) is 27.0. The average molecular weight is 536 g/mol. The third-order valence-electron chi connectivity index (χ3n) is 6.36. The van der Waals surface area contributed by atoms with Gasteiger partial charge in [-0.25, -0.2) is 13.4 Å². The molecule has 0 aliphatic rings. The van der Waals surface area contributed by atoms with Gasteiger partial charge < -0.3 is 0 Å². The first-order valence-electron chi connectivity index (χ1n) is 12.7. The van der Waals surface area contributed by atoms with E-state index < -0.39 is 10.0 Å². The van der Waals surface area contributed by atoms with Crippen molar-refractivity contribution in [3.05, 3.63) is 89.5 Å². The number of fused-ring (bicyclic) bond motifs is 1. The number of amides is 1. The van der Waals surface area contributed by atoms with Crippen LogP contribution in [0, 0.1) is 0 Å². The molecule has 0 fully saturated rings. The van der Waals surface area contributed by atoms with Crippen LogP contribution < -0.4 is 4.90 Å². The minimum atomic E-state index is -3.61. The first-order valence-corrected chi connectivity index (χ1v) is 15.0. The fourth-order valence-electron chi connectivity index (χ4n) is 4.14. The summed E-state index contributed by atoms with van der Waals surface area (Å²) in [6.45, 7) is 7.25. The van der Waals surface area contributed by atoms with Gasteiger partial charge in [0.15, 0.2) is 5.13 Å². The number of sulfonamides is 1. The smallest absolute Gasteiger partial charge is 0.260 e. The van der Waals surface area contributed by atoms with Crippen molar-refractivity contribution in [2.75, 3.05) is 18.0 Å². The zero-order valence-corrected chi connectivity index (χ0v) is 23.2. The van der Waals surface area contributed by atoms with Crippen LogP contribution in [0.3, 0.4) is 0 Å². The molecule has 0 saturated heterocycles. The monoisotopic (exact) mass is 535 g/mol. The number of hydrogen-bond donors (Lipinski definition) is 0. The topological polar surface area (TPSA) is 70.6 Å². The SMILES string of the molecule is CCCCN(CC)S(=O)(=O)c1ccc(C(=O)N(Cc2ccccc2)c2nc3ccc(CC)cc3s2)cc1. The molecule has 0 saturated carbocycles. The molecule has 194 valence electrons. The minimum absolute atomic E-state index is 0.198. The van der Waals surface area contributed by atoms with Crippen LogP contribution >= 0.6 is 11.3 Å². The van der Waals surface area contributed by atoms with Gasteiger partial charge in [-0.3, -0.25) is 9.69 Å². The molecular weight excluding hydrogens is 502 g/mol. The normalized spacial score (nSPS) is 11.8. The van der Waals surface area contributed by atoms with Gasteiger partial charge in [0.1, 0.15) is 0 Å². The van der Waals surface area contributed by atoms with Gasteiger partial charge in [-0.15, -0.1) is 0 Å². The standard InChI is InChI=1S/C29H33N3O3S2/c1-4-7-19-31(6-3)37(34,35)25-16-14-24(15-17-25)28(33)32(21-23-11-9-8-10-12-23)29-30-26-18-13-22(5-2)20-27(26)36-29/h8-18,20H,4-7,19,21H2,1-3H3. The lowest BCUT2D eigenvalue weighted by Gasteiger charge is -2.22. The van der Waals surface area contributed by atoms with Gasteiger partial charge in [-0.1, -0.05) is 74.9 Å². The summed E-state index contributed by atoms with van der Waals surface area (Å²) in [6, 6.07) is 22.2. The number of carbonyl (C=O) groups excluding carboxylic acids is 1. The number of benzene rings is 3. The van der Waals surface area contributed by atoms with Gasteiger partial charge in [-0.2, -0.15) is 4.31 Å². The van der Waals surface area contributed by atoms with Gasteiger partial charge in [0.25, 0.3) is 5.91 Å². The second-order valence-corrected chi connectivity index (χ2v) is 11.9. The lowest BCUT2D eigenvalue weighted by Crippen LogP contribution is -2.32. The number of nitrogens with zero attached hydrogens (tertiary/aromatic N) is 3. The summed E-state index contributed by atoms with van der Waals surface area (Å²) in [5, 5.41) is 0.616. The van der Waals surface area contributed by atoms with Crippen molar-refractivity contribution in [3.63, 3.8) is 0 Å². The molecule has 0 aliphatic carbocycles. The van der Waals surface area contributed by atoms with Gasteiger partial charge >= 0.3 is 0 Å². The van der Waals surface area contributed by atoms with E-state index in [-0.39, 0.29) is 10.8 Å². The highest BCUT2D eigenvalue weighted by molar-refractivity contribution is 7.89. The molecule has 37 heavy (non-hydrogen) atoms. The quantitative estimate of drug-likeness (QED) is 0.219. The molecule has 4 aromatic rings. The van der Waals surface area contributed by atoms with Crippen molar-refractivity contribution in [1.82, 2.24) is 9.29 Å². The molecular formula is C29H33N3O3S2. The molecule has 1 amide bonds. The molecule has 1 aromatic heterocycles. The maximum absolute atomic E-state index is 13.8. The van der Waals surface area contributed by atoms with Gasteiger partial charge in [0.05, 0.1) is 21.7 Å². The Morgan fingerprint density at radius 1 is 0.919 bits per heavy atom. The number of unbranched alkanes of at least 4 members (excludes halogenated alkanes) is 1. The van der Waals surface area contributed by atoms with Crippen LogP contribution in [-0.4, -0.2) is 36.7 Å². The third kappa shape index (κ3) is 6.09. The second-order valence-electron chi connectivity index (χ2n) is 8.90. The average Bonchev–Trinajstić information content (AvgIpc) is 3.35. The lowest BCUT2D eigenvalue weighted by atomic mass is 10.1. The summed E-state index contributed by atoms with van der Waals surface area (Å²) in [4.78, 5) is 20.4. The lowest BCUT2D eigenvalue weighted by molar-refractivity contribution is 0.0985. The van der Waals surface area contributed by atoms with E-state index in [1.807, 2.05) is 50.2 Å². The van der Waals surface area contributed by atoms with Crippen molar-refractivity contribution in [2.45, 2.75) is 51.5 Å². The number of aryl methyl sites for hydroxylation is 1. The number of carbonyl (C=O) groups is 1. The number of hydrogen-bond acceptors (Lipinski definition) is 5. The Labute approximate surface area is 223 Å². The molecule has 0 bridgehead atoms. The van der Waals surface area contributed by atoms with E-state index in [2.05, 4.69) is 19.1 Å². The van der Waals surface area contributed by atoms with Crippen LogP contribution in [0.15, 0.2) is 77.7 Å². The Hall–Kier alpha value is -3.07. The summed E-state index contributed by atoms with van der Waals surface area (Å²) in [6.07, 6.45) is 2.65. The zero-order chi connectivity index (χ0) is 26.4. The maximum Gasteiger partial charge on any atom is 0.260 e. The van der Waals surface area contributed by atoms with E-state index in [0.717, 1.165) is 35.0 Å². The van der Waals surface area contributed by atoms with Crippen molar-refractivity contribution in [1.29, 1.82) is 0 Å². The van der Waals surface area contributed by atoms with Crippen LogP contribution in [0.25, 0.3) is 10.2 Å². The van der Waals surface area contributed by atoms with Crippen LogP contribution in [0.2, 0.25) is 0 Å². The summed E-state index contributed by atoms with van der Waals surface area (Å²) >= 11 is 1.49. The summed E-state index contributed by atoms with van der Waals surface area (Å²) in [5.41, 5.74) is 3.48. The predicted octanol–water partition coefficient (Wildman–Crippen LogP) is 6.52. The van der Waals surface area contributed by atoms with Crippen molar-refractivity contribution in [3.8, 4) is 0 Å². The van der Waals surface area contributed by atoms with Gasteiger partial charge in [0, 0.05) is 18.7 Å². The fraction of sp³-hybridized carbons (Fsp3) is 0.310. The fourth-order valence-corrected chi connectivity index (χ4v) is 6.66. The van der Waals surface area contributed by atoms with E-state index in [1.54, 1.807) is 17.0 Å². The minimum Gasteiger partial charge on any atom is -0.279 e. The number of thiazole rings is 1. The van der Waals surface area contributed by atoms with E-state index >= 15 is 0 Å². The van der Waals surface area contributed by atoms with Crippen molar-refractivity contribution in [2.24, 2.45) is 0 Å². The Morgan fingerprint density at radius 3 is 2.30 bits per heavy atom. The molecule has 8 heteroatoms. The molecule has 0 N–H and O–H groups in total. The Morgan fingerprint density at radius 2 is 1.65 bits per heavy atom. The van der Waals surface area contributed by atoms with Crippen molar-refractivity contribution < 1.29 is 13.2 Å². The third-order valence-corrected chi connectivity index (χ3v) is 9.39. The summed E-state index contributed by atoms with van der Waals surface area (Å²) in [7, 11) is -3.61. The van der Waals surface area contributed by atoms with Gasteiger partial charge in [0.2, 0.25) is 10.0 Å². The van der Waals surface area contributed by atoms with E-state index in [1.165, 1.54) is 33.3 Å². The molecule has 0 radical (unpaired) electrons. The molecule has 0 unspecified atom stereocenters. The molecule has 6 nitrogen and oxygen atoms in total. The second kappa shape index (κ2) is 12.0. The maximum atomic E-state index is 13.8. The van der Waals surface area contributed by atoms with Gasteiger partial charge in [-0.05, 0) is 60.4 Å². The number of aromatic nitrogens is 1. The molecule has 1 heterocycles. The first-order chi connectivity index (χ1) is 17.9. The molecule has 0 atom stereocenters. The Balaban J connectivity index is 1.67. The molecule has 0 spiro atoms.